The molecule has 1 heteroatoms. The molecule has 2 aromatic carbocycles. The summed E-state index contributed by atoms with van der Waals surface area (Å²) in [7, 11) is 0. The van der Waals surface area contributed by atoms with Crippen LogP contribution in [0.5, 0.6) is 0 Å². The van der Waals surface area contributed by atoms with Crippen LogP contribution >= 0.6 is 0 Å². The van der Waals surface area contributed by atoms with Crippen LogP contribution in [0, 0.1) is 0 Å². The van der Waals surface area contributed by atoms with E-state index in [1.807, 2.05) is 18.2 Å². The molecule has 0 atom stereocenters. The van der Waals surface area contributed by atoms with Gasteiger partial charge in [0.15, 0.2) is 0 Å². The Morgan fingerprint density at radius 3 is 2.88 bits per heavy atom. The van der Waals surface area contributed by atoms with Crippen LogP contribution in [0.15, 0.2) is 36.4 Å². The van der Waals surface area contributed by atoms with Crippen LogP contribution in [0.1, 0.15) is 27.9 Å². The number of fused-ring (bicyclic) bond motifs is 2. The van der Waals surface area contributed by atoms with Crippen molar-refractivity contribution >= 4 is 23.1 Å². The first-order chi connectivity index (χ1) is 7.86. The van der Waals surface area contributed by atoms with Crippen molar-refractivity contribution in [3.8, 4) is 0 Å². The van der Waals surface area contributed by atoms with E-state index < -0.39 is 0 Å². The third kappa shape index (κ3) is 1.45. The van der Waals surface area contributed by atoms with E-state index in [1.165, 1.54) is 21.9 Å². The fraction of sp³-hybridized carbons (Fsp3) is 0.133. The molecule has 78 valence electrons. The number of aldehydes is 1. The van der Waals surface area contributed by atoms with Gasteiger partial charge in [-0.15, -0.1) is 0 Å². The molecule has 0 N–H and O–H groups in total. The van der Waals surface area contributed by atoms with Gasteiger partial charge in [-0.2, -0.15) is 0 Å². The lowest BCUT2D eigenvalue weighted by molar-refractivity contribution is 0.112. The highest BCUT2D eigenvalue weighted by Crippen LogP contribution is 2.25. The van der Waals surface area contributed by atoms with Crippen molar-refractivity contribution < 1.29 is 4.79 Å². The maximum absolute atomic E-state index is 10.7. The second kappa shape index (κ2) is 3.60. The Hall–Kier alpha value is -1.89. The number of carbonyl (C=O) groups excluding carboxylic acids is 1. The quantitative estimate of drug-likeness (QED) is 0.654. The molecule has 16 heavy (non-hydrogen) atoms. The second-order valence-electron chi connectivity index (χ2n) is 4.22. The minimum Gasteiger partial charge on any atom is -0.298 e. The van der Waals surface area contributed by atoms with Gasteiger partial charge in [0, 0.05) is 5.56 Å². The van der Waals surface area contributed by atoms with Gasteiger partial charge in [-0.05, 0) is 46.9 Å². The largest absolute Gasteiger partial charge is 0.298 e. The van der Waals surface area contributed by atoms with E-state index in [-0.39, 0.29) is 0 Å². The maximum Gasteiger partial charge on any atom is 0.150 e. The average Bonchev–Trinajstić information content (AvgIpc) is 2.35. The van der Waals surface area contributed by atoms with Crippen molar-refractivity contribution in [3.05, 3.63) is 53.1 Å². The molecular formula is C15H12O. The Balaban J connectivity index is 2.28. The zero-order valence-electron chi connectivity index (χ0n) is 8.94. The maximum atomic E-state index is 10.7. The topological polar surface area (TPSA) is 17.1 Å². The van der Waals surface area contributed by atoms with Crippen LogP contribution in [-0.4, -0.2) is 6.29 Å². The monoisotopic (exact) mass is 208 g/mol. The Kier molecular flexibility index (Phi) is 2.10. The Labute approximate surface area is 94.4 Å². The Bertz CT molecular complexity index is 594. The summed E-state index contributed by atoms with van der Waals surface area (Å²) in [6, 6.07) is 10.3. The number of carbonyl (C=O) groups is 1. The van der Waals surface area contributed by atoms with Crippen molar-refractivity contribution in [2.75, 3.05) is 0 Å². The number of rotatable bonds is 1. The number of benzene rings is 2. The predicted octanol–water partition coefficient (Wildman–Crippen LogP) is 3.61. The van der Waals surface area contributed by atoms with Crippen LogP contribution in [0.3, 0.4) is 0 Å². The van der Waals surface area contributed by atoms with E-state index >= 15 is 0 Å². The summed E-state index contributed by atoms with van der Waals surface area (Å²) < 4.78 is 0. The summed E-state index contributed by atoms with van der Waals surface area (Å²) in [6.45, 7) is 0. The van der Waals surface area contributed by atoms with Crippen molar-refractivity contribution in [3.63, 3.8) is 0 Å². The van der Waals surface area contributed by atoms with E-state index in [4.69, 9.17) is 0 Å². The van der Waals surface area contributed by atoms with E-state index in [0.29, 0.717) is 0 Å². The van der Waals surface area contributed by atoms with Gasteiger partial charge in [0.05, 0.1) is 0 Å². The zero-order valence-corrected chi connectivity index (χ0v) is 8.94. The standard InChI is InChI=1S/C15H12O/c16-10-11-5-6-14-8-12-3-1-2-4-13(12)9-15(14)7-11/h1,3,5-10H,2,4H2. The normalized spacial score (nSPS) is 13.8. The number of hydrogen-bond donors (Lipinski definition) is 0. The molecule has 1 aliphatic rings. The first-order valence-corrected chi connectivity index (χ1v) is 5.55. The van der Waals surface area contributed by atoms with Crippen LogP contribution in [-0.2, 0) is 6.42 Å². The molecule has 0 bridgehead atoms. The number of allylic oxidation sites excluding steroid dienone is 1. The SMILES string of the molecule is O=Cc1ccc2cc3c(cc2c1)CCC=C3. The van der Waals surface area contributed by atoms with Crippen LogP contribution in [0.2, 0.25) is 0 Å². The van der Waals surface area contributed by atoms with Gasteiger partial charge in [0.25, 0.3) is 0 Å². The van der Waals surface area contributed by atoms with Crippen LogP contribution in [0.25, 0.3) is 16.8 Å². The van der Waals surface area contributed by atoms with Crippen LogP contribution < -0.4 is 0 Å². The fourth-order valence-corrected chi connectivity index (χ4v) is 2.28. The summed E-state index contributed by atoms with van der Waals surface area (Å²) in [5.41, 5.74) is 3.45. The zero-order chi connectivity index (χ0) is 11.0. The molecule has 1 aliphatic carbocycles. The molecule has 0 saturated heterocycles. The summed E-state index contributed by atoms with van der Waals surface area (Å²) in [5, 5.41) is 2.37. The van der Waals surface area contributed by atoms with E-state index in [1.54, 1.807) is 0 Å². The molecule has 0 radical (unpaired) electrons. The highest BCUT2D eigenvalue weighted by Gasteiger charge is 2.06. The smallest absolute Gasteiger partial charge is 0.150 e. The van der Waals surface area contributed by atoms with Gasteiger partial charge in [0.1, 0.15) is 6.29 Å². The fourth-order valence-electron chi connectivity index (χ4n) is 2.28. The average molecular weight is 208 g/mol. The van der Waals surface area contributed by atoms with Gasteiger partial charge in [-0.3, -0.25) is 4.79 Å². The molecule has 1 nitrogen and oxygen atoms in total. The lowest BCUT2D eigenvalue weighted by atomic mass is 9.93. The third-order valence-electron chi connectivity index (χ3n) is 3.14. The van der Waals surface area contributed by atoms with E-state index in [2.05, 4.69) is 24.3 Å². The molecule has 0 aliphatic heterocycles. The van der Waals surface area contributed by atoms with Crippen molar-refractivity contribution in [2.45, 2.75) is 12.8 Å². The van der Waals surface area contributed by atoms with E-state index in [0.717, 1.165) is 24.7 Å². The first-order valence-electron chi connectivity index (χ1n) is 5.55. The summed E-state index contributed by atoms with van der Waals surface area (Å²) in [6.07, 6.45) is 7.53. The van der Waals surface area contributed by atoms with E-state index in [9.17, 15) is 4.79 Å². The molecule has 0 unspecified atom stereocenters. The van der Waals surface area contributed by atoms with Gasteiger partial charge < -0.3 is 0 Å². The Morgan fingerprint density at radius 2 is 2.00 bits per heavy atom. The van der Waals surface area contributed by atoms with Crippen molar-refractivity contribution in [1.29, 1.82) is 0 Å². The summed E-state index contributed by atoms with van der Waals surface area (Å²) in [4.78, 5) is 10.7. The summed E-state index contributed by atoms with van der Waals surface area (Å²) in [5.74, 6) is 0. The van der Waals surface area contributed by atoms with Gasteiger partial charge in [-0.1, -0.05) is 30.4 Å². The Morgan fingerprint density at radius 1 is 1.06 bits per heavy atom. The highest BCUT2D eigenvalue weighted by molar-refractivity contribution is 5.91. The number of hydrogen-bond acceptors (Lipinski definition) is 1. The lowest BCUT2D eigenvalue weighted by Crippen LogP contribution is -1.94. The minimum absolute atomic E-state index is 0.749. The second-order valence-corrected chi connectivity index (χ2v) is 4.22. The molecule has 3 rings (SSSR count). The van der Waals surface area contributed by atoms with Crippen molar-refractivity contribution in [2.24, 2.45) is 0 Å². The molecule has 0 amide bonds. The molecule has 0 aromatic heterocycles. The first kappa shape index (κ1) is 9.34. The van der Waals surface area contributed by atoms with Gasteiger partial charge >= 0.3 is 0 Å². The highest BCUT2D eigenvalue weighted by atomic mass is 16.1. The molecular weight excluding hydrogens is 196 g/mol. The van der Waals surface area contributed by atoms with Gasteiger partial charge in [0.2, 0.25) is 0 Å². The summed E-state index contributed by atoms with van der Waals surface area (Å²) >= 11 is 0. The molecule has 2 aromatic rings. The third-order valence-corrected chi connectivity index (χ3v) is 3.14. The van der Waals surface area contributed by atoms with Crippen molar-refractivity contribution in [1.82, 2.24) is 0 Å². The van der Waals surface area contributed by atoms with Crippen LogP contribution in [0.4, 0.5) is 0 Å². The van der Waals surface area contributed by atoms with Gasteiger partial charge in [-0.25, -0.2) is 0 Å². The lowest BCUT2D eigenvalue weighted by Gasteiger charge is -2.11. The minimum atomic E-state index is 0.749. The molecule has 0 heterocycles. The molecule has 0 spiro atoms. The molecule has 0 saturated carbocycles. The predicted molar refractivity (Wildman–Crippen MR) is 66.7 cm³/mol. The number of aryl methyl sites for hydroxylation is 1. The molecule has 0 fully saturated rings.